The van der Waals surface area contributed by atoms with Crippen molar-refractivity contribution in [3.63, 3.8) is 0 Å². The van der Waals surface area contributed by atoms with Gasteiger partial charge in [0.25, 0.3) is 0 Å². The van der Waals surface area contributed by atoms with Crippen molar-refractivity contribution in [1.29, 1.82) is 0 Å². The SMILES string of the molecule is COC(=O)NS(=O)(=O)NCCCCN. The summed E-state index contributed by atoms with van der Waals surface area (Å²) in [6.45, 7) is 0.746. The van der Waals surface area contributed by atoms with Crippen molar-refractivity contribution in [2.45, 2.75) is 12.8 Å². The number of unbranched alkanes of at least 4 members (excludes halogenated alkanes) is 1. The molecule has 1 amide bonds. The van der Waals surface area contributed by atoms with Gasteiger partial charge < -0.3 is 10.5 Å². The van der Waals surface area contributed by atoms with Crippen LogP contribution in [0.2, 0.25) is 0 Å². The molecule has 0 aromatic heterocycles. The predicted molar refractivity (Wildman–Crippen MR) is 50.8 cm³/mol. The molecule has 14 heavy (non-hydrogen) atoms. The lowest BCUT2D eigenvalue weighted by Gasteiger charge is -2.06. The average molecular weight is 225 g/mol. The summed E-state index contributed by atoms with van der Waals surface area (Å²) in [7, 11) is -2.71. The van der Waals surface area contributed by atoms with Gasteiger partial charge in [0.05, 0.1) is 7.11 Å². The van der Waals surface area contributed by atoms with E-state index in [0.717, 1.165) is 13.5 Å². The monoisotopic (exact) mass is 225 g/mol. The molecule has 0 saturated heterocycles. The van der Waals surface area contributed by atoms with Crippen LogP contribution in [0.3, 0.4) is 0 Å². The quantitative estimate of drug-likeness (QED) is 0.498. The zero-order valence-electron chi connectivity index (χ0n) is 7.95. The number of nitrogens with two attached hydrogens (primary N) is 1. The van der Waals surface area contributed by atoms with Gasteiger partial charge in [-0.3, -0.25) is 0 Å². The molecule has 0 aromatic rings. The fraction of sp³-hybridized carbons (Fsp3) is 0.833. The molecule has 7 nitrogen and oxygen atoms in total. The molecule has 84 valence electrons. The number of nitrogens with one attached hydrogen (secondary N) is 2. The van der Waals surface area contributed by atoms with E-state index >= 15 is 0 Å². The Balaban J connectivity index is 3.79. The summed E-state index contributed by atoms with van der Waals surface area (Å²) < 4.78 is 30.0. The van der Waals surface area contributed by atoms with Gasteiger partial charge in [0.1, 0.15) is 0 Å². The summed E-state index contributed by atoms with van der Waals surface area (Å²) in [4.78, 5) is 10.5. The smallest absolute Gasteiger partial charge is 0.421 e. The van der Waals surface area contributed by atoms with Crippen LogP contribution >= 0.6 is 0 Å². The third-order valence-electron chi connectivity index (χ3n) is 1.33. The van der Waals surface area contributed by atoms with E-state index in [0.29, 0.717) is 13.0 Å². The maximum atomic E-state index is 11.0. The highest BCUT2D eigenvalue weighted by atomic mass is 32.2. The zero-order valence-corrected chi connectivity index (χ0v) is 8.76. The molecule has 0 unspecified atom stereocenters. The Morgan fingerprint density at radius 2 is 2.07 bits per heavy atom. The summed E-state index contributed by atoms with van der Waals surface area (Å²) in [6.07, 6.45) is 0.329. The first-order chi connectivity index (χ1) is 6.52. The van der Waals surface area contributed by atoms with E-state index in [1.165, 1.54) is 0 Å². The van der Waals surface area contributed by atoms with Gasteiger partial charge in [-0.1, -0.05) is 0 Å². The third kappa shape index (κ3) is 6.63. The fourth-order valence-corrected chi connectivity index (χ4v) is 1.45. The highest BCUT2D eigenvalue weighted by Gasteiger charge is 2.12. The van der Waals surface area contributed by atoms with Gasteiger partial charge >= 0.3 is 16.3 Å². The highest BCUT2D eigenvalue weighted by Crippen LogP contribution is 1.85. The first-order valence-electron chi connectivity index (χ1n) is 4.07. The normalized spacial score (nSPS) is 11.0. The van der Waals surface area contributed by atoms with Gasteiger partial charge in [-0.15, -0.1) is 0 Å². The molecule has 4 N–H and O–H groups in total. The predicted octanol–water partition coefficient (Wildman–Crippen LogP) is -1.08. The molecule has 0 atom stereocenters. The first kappa shape index (κ1) is 13.1. The number of hydrogen-bond acceptors (Lipinski definition) is 5. The number of rotatable bonds is 6. The Labute approximate surface area is 83.2 Å². The van der Waals surface area contributed by atoms with Crippen molar-refractivity contribution in [2.24, 2.45) is 5.73 Å². The molecule has 8 heteroatoms. The number of hydrogen-bond donors (Lipinski definition) is 3. The molecule has 0 aliphatic heterocycles. The lowest BCUT2D eigenvalue weighted by Crippen LogP contribution is -2.40. The second-order valence-electron chi connectivity index (χ2n) is 2.49. The van der Waals surface area contributed by atoms with Crippen LogP contribution in [0.15, 0.2) is 0 Å². The van der Waals surface area contributed by atoms with Gasteiger partial charge in [0.15, 0.2) is 0 Å². The Kier molecular flexibility index (Phi) is 6.17. The van der Waals surface area contributed by atoms with E-state index in [-0.39, 0.29) is 6.54 Å². The first-order valence-corrected chi connectivity index (χ1v) is 5.55. The topological polar surface area (TPSA) is 111 Å². The average Bonchev–Trinajstić information content (AvgIpc) is 2.12. The van der Waals surface area contributed by atoms with Crippen molar-refractivity contribution >= 4 is 16.3 Å². The molecule has 0 aliphatic rings. The van der Waals surface area contributed by atoms with Gasteiger partial charge in [0.2, 0.25) is 0 Å². The molecule has 0 aromatic carbocycles. The second-order valence-corrected chi connectivity index (χ2v) is 3.99. The van der Waals surface area contributed by atoms with Crippen LogP contribution in [-0.4, -0.2) is 34.7 Å². The number of methoxy groups -OCH3 is 1. The van der Waals surface area contributed by atoms with Crippen molar-refractivity contribution in [2.75, 3.05) is 20.2 Å². The highest BCUT2D eigenvalue weighted by molar-refractivity contribution is 7.88. The zero-order chi connectivity index (χ0) is 11.0. The molecular weight excluding hydrogens is 210 g/mol. The lowest BCUT2D eigenvalue weighted by molar-refractivity contribution is 0.177. The number of ether oxygens (including phenoxy) is 1. The summed E-state index contributed by atoms with van der Waals surface area (Å²) in [6, 6.07) is 0. The third-order valence-corrected chi connectivity index (χ3v) is 2.35. The maximum absolute atomic E-state index is 11.0. The van der Waals surface area contributed by atoms with Crippen molar-refractivity contribution in [1.82, 2.24) is 9.44 Å². The van der Waals surface area contributed by atoms with Crippen LogP contribution in [0.1, 0.15) is 12.8 Å². The van der Waals surface area contributed by atoms with Crippen LogP contribution in [-0.2, 0) is 14.9 Å². The molecule has 0 saturated carbocycles. The van der Waals surface area contributed by atoms with Crippen LogP contribution in [0, 0.1) is 0 Å². The second kappa shape index (κ2) is 6.57. The van der Waals surface area contributed by atoms with Gasteiger partial charge in [-0.2, -0.15) is 13.1 Å². The van der Waals surface area contributed by atoms with Gasteiger partial charge in [0, 0.05) is 6.54 Å². The summed E-state index contributed by atoms with van der Waals surface area (Å²) >= 11 is 0. The largest absolute Gasteiger partial charge is 0.452 e. The minimum Gasteiger partial charge on any atom is -0.452 e. The molecule has 0 heterocycles. The maximum Gasteiger partial charge on any atom is 0.421 e. The van der Waals surface area contributed by atoms with E-state index in [9.17, 15) is 13.2 Å². The Bertz CT molecular complexity index is 264. The standard InChI is InChI=1S/C6H15N3O4S/c1-13-6(10)9-14(11,12)8-5-3-2-4-7/h8H,2-5,7H2,1H3,(H,9,10). The molecule has 0 fully saturated rings. The number of carbonyl (C=O) groups is 1. The fourth-order valence-electron chi connectivity index (χ4n) is 0.663. The van der Waals surface area contributed by atoms with Gasteiger partial charge in [-0.25, -0.2) is 9.52 Å². The number of carbonyl (C=O) groups excluding carboxylic acids is 1. The molecule has 0 spiro atoms. The summed E-state index contributed by atoms with van der Waals surface area (Å²) in [5.74, 6) is 0. The Morgan fingerprint density at radius 1 is 1.43 bits per heavy atom. The lowest BCUT2D eigenvalue weighted by atomic mass is 10.3. The van der Waals surface area contributed by atoms with Crippen molar-refractivity contribution in [3.8, 4) is 0 Å². The Morgan fingerprint density at radius 3 is 2.57 bits per heavy atom. The summed E-state index contributed by atoms with van der Waals surface area (Å²) in [5, 5.41) is 0. The minimum absolute atomic E-state index is 0.240. The van der Waals surface area contributed by atoms with Crippen LogP contribution in [0.5, 0.6) is 0 Å². The molecular formula is C6H15N3O4S. The van der Waals surface area contributed by atoms with E-state index in [2.05, 4.69) is 9.46 Å². The van der Waals surface area contributed by atoms with E-state index < -0.39 is 16.3 Å². The van der Waals surface area contributed by atoms with E-state index in [4.69, 9.17) is 5.73 Å². The minimum atomic E-state index is -3.79. The molecule has 0 radical (unpaired) electrons. The number of amides is 1. The van der Waals surface area contributed by atoms with Gasteiger partial charge in [-0.05, 0) is 19.4 Å². The molecule has 0 rings (SSSR count). The molecule has 0 bridgehead atoms. The van der Waals surface area contributed by atoms with E-state index in [1.807, 2.05) is 0 Å². The van der Waals surface area contributed by atoms with E-state index in [1.54, 1.807) is 4.72 Å². The van der Waals surface area contributed by atoms with Crippen LogP contribution < -0.4 is 15.2 Å². The van der Waals surface area contributed by atoms with Crippen LogP contribution in [0.4, 0.5) is 4.79 Å². The van der Waals surface area contributed by atoms with Crippen molar-refractivity contribution < 1.29 is 17.9 Å². The van der Waals surface area contributed by atoms with Crippen LogP contribution in [0.25, 0.3) is 0 Å². The van der Waals surface area contributed by atoms with Crippen molar-refractivity contribution in [3.05, 3.63) is 0 Å². The molecule has 0 aliphatic carbocycles. The summed E-state index contributed by atoms with van der Waals surface area (Å²) in [5.41, 5.74) is 5.21. The Hall–Kier alpha value is -0.860.